The van der Waals surface area contributed by atoms with Crippen LogP contribution >= 0.6 is 11.8 Å². The van der Waals surface area contributed by atoms with Gasteiger partial charge in [-0.1, -0.05) is 24.3 Å². The Morgan fingerprint density at radius 2 is 1.69 bits per heavy atom. The van der Waals surface area contributed by atoms with Gasteiger partial charge in [-0.15, -0.1) is 11.8 Å². The van der Waals surface area contributed by atoms with Crippen molar-refractivity contribution in [3.8, 4) is 0 Å². The molecule has 4 nitrogen and oxygen atoms in total. The molecule has 0 spiro atoms. The molecule has 5 heteroatoms. The fraction of sp³-hybridized carbons (Fsp3) is 0.190. The van der Waals surface area contributed by atoms with Gasteiger partial charge in [-0.3, -0.25) is 9.78 Å². The SMILES string of the molecule is O=C(c1ccc(CSc2ccccn2)cc1)N1CC(c2ccccn2)C1. The van der Waals surface area contributed by atoms with Gasteiger partial charge in [0.25, 0.3) is 5.91 Å². The van der Waals surface area contributed by atoms with Crippen LogP contribution in [0.3, 0.4) is 0 Å². The van der Waals surface area contributed by atoms with Crippen LogP contribution in [-0.2, 0) is 5.75 Å². The van der Waals surface area contributed by atoms with E-state index < -0.39 is 0 Å². The first-order valence-corrected chi connectivity index (χ1v) is 9.61. The molecule has 4 rings (SSSR count). The van der Waals surface area contributed by atoms with E-state index in [0.717, 1.165) is 35.1 Å². The van der Waals surface area contributed by atoms with Gasteiger partial charge in [0.2, 0.25) is 0 Å². The average Bonchev–Trinajstić information content (AvgIpc) is 2.67. The number of hydrogen-bond acceptors (Lipinski definition) is 4. The predicted octanol–water partition coefficient (Wildman–Crippen LogP) is 4.01. The lowest BCUT2D eigenvalue weighted by Crippen LogP contribution is -2.48. The largest absolute Gasteiger partial charge is 0.337 e. The molecule has 1 aromatic carbocycles. The molecular weight excluding hydrogens is 342 g/mol. The van der Waals surface area contributed by atoms with Crippen LogP contribution in [0.1, 0.15) is 27.5 Å². The maximum absolute atomic E-state index is 12.6. The van der Waals surface area contributed by atoms with Gasteiger partial charge in [0, 0.05) is 48.4 Å². The Balaban J connectivity index is 1.32. The Hall–Kier alpha value is -2.66. The van der Waals surface area contributed by atoms with Crippen molar-refractivity contribution >= 4 is 17.7 Å². The van der Waals surface area contributed by atoms with Crippen LogP contribution < -0.4 is 0 Å². The molecule has 0 radical (unpaired) electrons. The number of thioether (sulfide) groups is 1. The van der Waals surface area contributed by atoms with Crippen molar-refractivity contribution in [3.63, 3.8) is 0 Å². The summed E-state index contributed by atoms with van der Waals surface area (Å²) in [6.07, 6.45) is 3.61. The molecule has 1 fully saturated rings. The van der Waals surface area contributed by atoms with Gasteiger partial charge in [-0.05, 0) is 42.0 Å². The second-order valence-electron chi connectivity index (χ2n) is 6.32. The zero-order valence-electron chi connectivity index (χ0n) is 14.3. The molecule has 0 saturated carbocycles. The van der Waals surface area contributed by atoms with Crippen molar-refractivity contribution < 1.29 is 4.79 Å². The lowest BCUT2D eigenvalue weighted by molar-refractivity contribution is 0.0599. The van der Waals surface area contributed by atoms with Crippen molar-refractivity contribution in [3.05, 3.63) is 89.9 Å². The number of aromatic nitrogens is 2. The highest BCUT2D eigenvalue weighted by molar-refractivity contribution is 7.98. The maximum Gasteiger partial charge on any atom is 0.253 e. The number of rotatable bonds is 5. The van der Waals surface area contributed by atoms with Crippen LogP contribution in [0, 0.1) is 0 Å². The fourth-order valence-electron chi connectivity index (χ4n) is 2.96. The summed E-state index contributed by atoms with van der Waals surface area (Å²) in [5, 5.41) is 1.01. The van der Waals surface area contributed by atoms with E-state index in [2.05, 4.69) is 9.97 Å². The Labute approximate surface area is 157 Å². The monoisotopic (exact) mass is 361 g/mol. The molecule has 1 aliphatic heterocycles. The van der Waals surface area contributed by atoms with E-state index in [0.29, 0.717) is 5.92 Å². The number of hydrogen-bond donors (Lipinski definition) is 0. The minimum absolute atomic E-state index is 0.0983. The number of carbonyl (C=O) groups excluding carboxylic acids is 1. The van der Waals surface area contributed by atoms with E-state index in [1.165, 1.54) is 5.56 Å². The first-order valence-electron chi connectivity index (χ1n) is 8.62. The number of amides is 1. The van der Waals surface area contributed by atoms with Gasteiger partial charge >= 0.3 is 0 Å². The van der Waals surface area contributed by atoms with Crippen LogP contribution in [0.4, 0.5) is 0 Å². The summed E-state index contributed by atoms with van der Waals surface area (Å²) >= 11 is 1.69. The van der Waals surface area contributed by atoms with Gasteiger partial charge in [-0.25, -0.2) is 4.98 Å². The molecule has 0 atom stereocenters. The summed E-state index contributed by atoms with van der Waals surface area (Å²) in [5.41, 5.74) is 3.00. The summed E-state index contributed by atoms with van der Waals surface area (Å²) < 4.78 is 0. The van der Waals surface area contributed by atoms with E-state index in [1.807, 2.05) is 71.8 Å². The number of pyridine rings is 2. The van der Waals surface area contributed by atoms with E-state index >= 15 is 0 Å². The first kappa shape index (κ1) is 16.8. The Morgan fingerprint density at radius 1 is 0.962 bits per heavy atom. The van der Waals surface area contributed by atoms with Crippen LogP contribution in [0.25, 0.3) is 0 Å². The molecule has 0 unspecified atom stereocenters. The molecule has 3 aromatic rings. The smallest absolute Gasteiger partial charge is 0.253 e. The third-order valence-electron chi connectivity index (χ3n) is 4.50. The molecule has 2 aromatic heterocycles. The summed E-state index contributed by atoms with van der Waals surface area (Å²) in [6.45, 7) is 1.49. The van der Waals surface area contributed by atoms with Crippen molar-refractivity contribution in [1.29, 1.82) is 0 Å². The number of carbonyl (C=O) groups is 1. The first-order chi connectivity index (χ1) is 12.8. The normalized spacial score (nSPS) is 14.1. The van der Waals surface area contributed by atoms with Crippen molar-refractivity contribution in [1.82, 2.24) is 14.9 Å². The molecule has 0 aliphatic carbocycles. The highest BCUT2D eigenvalue weighted by atomic mass is 32.2. The Morgan fingerprint density at radius 3 is 2.35 bits per heavy atom. The molecule has 130 valence electrons. The van der Waals surface area contributed by atoms with Gasteiger partial charge in [0.15, 0.2) is 0 Å². The molecule has 0 N–H and O–H groups in total. The predicted molar refractivity (Wildman–Crippen MR) is 103 cm³/mol. The van der Waals surface area contributed by atoms with Crippen molar-refractivity contribution in [2.75, 3.05) is 13.1 Å². The second kappa shape index (κ2) is 7.70. The van der Waals surface area contributed by atoms with Crippen LogP contribution in [0.15, 0.2) is 78.1 Å². The van der Waals surface area contributed by atoms with E-state index in [9.17, 15) is 4.79 Å². The fourth-order valence-corrected chi connectivity index (χ4v) is 3.78. The third kappa shape index (κ3) is 3.78. The minimum atomic E-state index is 0.0983. The van der Waals surface area contributed by atoms with Crippen LogP contribution in [0.2, 0.25) is 0 Å². The highest BCUT2D eigenvalue weighted by Crippen LogP contribution is 2.27. The van der Waals surface area contributed by atoms with Crippen molar-refractivity contribution in [2.24, 2.45) is 0 Å². The molecule has 26 heavy (non-hydrogen) atoms. The summed E-state index contributed by atoms with van der Waals surface area (Å²) in [5.74, 6) is 1.30. The molecular formula is C21H19N3OS. The lowest BCUT2D eigenvalue weighted by Gasteiger charge is -2.39. The van der Waals surface area contributed by atoms with E-state index in [4.69, 9.17) is 0 Å². The molecule has 1 amide bonds. The number of likely N-dealkylation sites (tertiary alicyclic amines) is 1. The zero-order valence-corrected chi connectivity index (χ0v) is 15.1. The van der Waals surface area contributed by atoms with Gasteiger partial charge in [0.05, 0.1) is 5.03 Å². The minimum Gasteiger partial charge on any atom is -0.337 e. The summed E-state index contributed by atoms with van der Waals surface area (Å²) in [7, 11) is 0. The number of benzene rings is 1. The zero-order chi connectivity index (χ0) is 17.8. The summed E-state index contributed by atoms with van der Waals surface area (Å²) in [6, 6.07) is 19.7. The Kier molecular flexibility index (Phi) is 4.97. The second-order valence-corrected chi connectivity index (χ2v) is 7.31. The summed E-state index contributed by atoms with van der Waals surface area (Å²) in [4.78, 5) is 23.2. The van der Waals surface area contributed by atoms with Crippen LogP contribution in [-0.4, -0.2) is 33.9 Å². The standard InChI is InChI=1S/C21H19N3OS/c25-21(24-13-18(14-24)19-5-1-3-11-22-19)17-9-7-16(8-10-17)15-26-20-6-2-4-12-23-20/h1-12,18H,13-15H2. The Bertz CT molecular complexity index is 863. The van der Waals surface area contributed by atoms with Crippen molar-refractivity contribution in [2.45, 2.75) is 16.7 Å². The van der Waals surface area contributed by atoms with E-state index in [-0.39, 0.29) is 5.91 Å². The van der Waals surface area contributed by atoms with Gasteiger partial charge in [0.1, 0.15) is 0 Å². The van der Waals surface area contributed by atoms with E-state index in [1.54, 1.807) is 18.0 Å². The maximum atomic E-state index is 12.6. The van der Waals surface area contributed by atoms with Gasteiger partial charge < -0.3 is 4.90 Å². The topological polar surface area (TPSA) is 46.1 Å². The molecule has 1 saturated heterocycles. The highest BCUT2D eigenvalue weighted by Gasteiger charge is 2.32. The lowest BCUT2D eigenvalue weighted by atomic mass is 9.94. The average molecular weight is 361 g/mol. The quantitative estimate of drug-likeness (QED) is 0.644. The third-order valence-corrected chi connectivity index (χ3v) is 5.52. The van der Waals surface area contributed by atoms with Gasteiger partial charge in [-0.2, -0.15) is 0 Å². The molecule has 3 heterocycles. The van der Waals surface area contributed by atoms with Crippen LogP contribution in [0.5, 0.6) is 0 Å². The molecule has 1 aliphatic rings. The number of nitrogens with zero attached hydrogens (tertiary/aromatic N) is 3. The molecule has 0 bridgehead atoms.